The number of nitrogens with two attached hydrogens (primary N) is 1. The van der Waals surface area contributed by atoms with Crippen molar-refractivity contribution in [2.75, 3.05) is 31.4 Å². The van der Waals surface area contributed by atoms with Crippen molar-refractivity contribution >= 4 is 18.2 Å². The Morgan fingerprint density at radius 1 is 1.04 bits per heavy atom. The zero-order valence-corrected chi connectivity index (χ0v) is 17.8. The number of unbranched alkanes of at least 4 members (excludes halogenated alkanes) is 2. The Morgan fingerprint density at radius 2 is 1.60 bits per heavy atom. The van der Waals surface area contributed by atoms with Gasteiger partial charge in [-0.05, 0) is 32.0 Å². The highest BCUT2D eigenvalue weighted by Gasteiger charge is 2.16. The molecule has 0 aliphatic rings. The van der Waals surface area contributed by atoms with Crippen molar-refractivity contribution in [1.82, 2.24) is 0 Å². The molecule has 0 aromatic heterocycles. The minimum atomic E-state index is 0.658. The molecule has 0 amide bonds. The lowest BCUT2D eigenvalue weighted by Crippen LogP contribution is -2.32. The van der Waals surface area contributed by atoms with E-state index >= 15 is 0 Å². The molecular weight excluding hydrogens is 310 g/mol. The van der Waals surface area contributed by atoms with Crippen LogP contribution in [0.3, 0.4) is 0 Å². The van der Waals surface area contributed by atoms with Crippen molar-refractivity contribution in [2.24, 2.45) is 5.73 Å². The standard InChI is InChI=1S/C17H30N2.C2H6.CH5N.CH2O/c1-5-7-8-12-15(11-6-2)19(4)17-14-10-9-13-16(17)18-3;3*1-2/h9-10,13-15,18H,5-8,11-12H2,1-4H3;1-2H3;2H2,1H3;1H2. The summed E-state index contributed by atoms with van der Waals surface area (Å²) in [5.74, 6) is 0. The van der Waals surface area contributed by atoms with Crippen LogP contribution in [0.5, 0.6) is 0 Å². The molecule has 0 saturated carbocycles. The van der Waals surface area contributed by atoms with Crippen LogP contribution >= 0.6 is 0 Å². The van der Waals surface area contributed by atoms with E-state index in [1.165, 1.54) is 56.9 Å². The maximum absolute atomic E-state index is 8.00. The highest BCUT2D eigenvalue weighted by atomic mass is 16.1. The molecule has 0 radical (unpaired) electrons. The molecule has 1 aromatic rings. The van der Waals surface area contributed by atoms with E-state index in [-0.39, 0.29) is 0 Å². The van der Waals surface area contributed by atoms with Crippen molar-refractivity contribution in [3.63, 3.8) is 0 Å². The molecule has 4 nitrogen and oxygen atoms in total. The van der Waals surface area contributed by atoms with Crippen LogP contribution in [0.4, 0.5) is 11.4 Å². The third kappa shape index (κ3) is 12.5. The summed E-state index contributed by atoms with van der Waals surface area (Å²) >= 11 is 0. The van der Waals surface area contributed by atoms with Gasteiger partial charge in [-0.2, -0.15) is 0 Å². The van der Waals surface area contributed by atoms with Crippen LogP contribution in [0.1, 0.15) is 66.2 Å². The number of carbonyl (C=O) groups excluding carboxylic acids is 1. The summed E-state index contributed by atoms with van der Waals surface area (Å²) in [5.41, 5.74) is 7.04. The smallest absolute Gasteiger partial charge is 0.106 e. The topological polar surface area (TPSA) is 58.4 Å². The van der Waals surface area contributed by atoms with Crippen molar-refractivity contribution in [3.05, 3.63) is 24.3 Å². The molecule has 0 saturated heterocycles. The third-order valence-electron chi connectivity index (χ3n) is 3.86. The summed E-state index contributed by atoms with van der Waals surface area (Å²) in [4.78, 5) is 10.5. The van der Waals surface area contributed by atoms with Crippen molar-refractivity contribution in [2.45, 2.75) is 72.3 Å². The number of anilines is 2. The normalized spacial score (nSPS) is 9.92. The van der Waals surface area contributed by atoms with E-state index < -0.39 is 0 Å². The Labute approximate surface area is 157 Å². The van der Waals surface area contributed by atoms with Gasteiger partial charge in [0.25, 0.3) is 0 Å². The summed E-state index contributed by atoms with van der Waals surface area (Å²) in [6, 6.07) is 9.25. The summed E-state index contributed by atoms with van der Waals surface area (Å²) in [5, 5.41) is 3.30. The van der Waals surface area contributed by atoms with Crippen LogP contribution in [-0.4, -0.2) is 34.0 Å². The molecule has 0 aliphatic carbocycles. The average Bonchev–Trinajstić information content (AvgIpc) is 2.71. The Bertz CT molecular complexity index is 372. The average molecular weight is 354 g/mol. The minimum Gasteiger partial charge on any atom is -0.386 e. The molecule has 1 atom stereocenters. The van der Waals surface area contributed by atoms with Crippen molar-refractivity contribution < 1.29 is 4.79 Å². The molecular formula is C21H43N3O. The van der Waals surface area contributed by atoms with Gasteiger partial charge in [0, 0.05) is 20.1 Å². The maximum atomic E-state index is 8.00. The maximum Gasteiger partial charge on any atom is 0.106 e. The van der Waals surface area contributed by atoms with Gasteiger partial charge >= 0.3 is 0 Å². The van der Waals surface area contributed by atoms with E-state index in [2.05, 4.69) is 61.1 Å². The molecule has 148 valence electrons. The number of nitrogens with one attached hydrogen (secondary N) is 1. The monoisotopic (exact) mass is 353 g/mol. The quantitative estimate of drug-likeness (QED) is 0.589. The van der Waals surface area contributed by atoms with E-state index in [1.807, 2.05) is 27.7 Å². The van der Waals surface area contributed by atoms with E-state index in [9.17, 15) is 0 Å². The zero-order chi connectivity index (χ0) is 20.1. The molecule has 4 heteroatoms. The molecule has 1 unspecified atom stereocenters. The Kier molecular flexibility index (Phi) is 25.4. The number of hydrogen-bond acceptors (Lipinski definition) is 4. The van der Waals surface area contributed by atoms with Crippen LogP contribution in [0.15, 0.2) is 24.3 Å². The van der Waals surface area contributed by atoms with Gasteiger partial charge < -0.3 is 20.7 Å². The molecule has 0 aliphatic heterocycles. The van der Waals surface area contributed by atoms with Gasteiger partial charge in [-0.3, -0.25) is 0 Å². The molecule has 3 N–H and O–H groups in total. The van der Waals surface area contributed by atoms with E-state index in [0.717, 1.165) is 0 Å². The van der Waals surface area contributed by atoms with Crippen molar-refractivity contribution in [1.29, 1.82) is 0 Å². The molecule has 0 bridgehead atoms. The summed E-state index contributed by atoms with van der Waals surface area (Å²) in [6.07, 6.45) is 7.82. The zero-order valence-electron chi connectivity index (χ0n) is 17.8. The summed E-state index contributed by atoms with van der Waals surface area (Å²) in [6.45, 7) is 10.6. The van der Waals surface area contributed by atoms with Gasteiger partial charge in [0.15, 0.2) is 0 Å². The van der Waals surface area contributed by atoms with E-state index in [1.54, 1.807) is 0 Å². The molecule has 1 aromatic carbocycles. The Hall–Kier alpha value is -1.55. The Morgan fingerprint density at radius 3 is 2.08 bits per heavy atom. The van der Waals surface area contributed by atoms with E-state index in [0.29, 0.717) is 6.04 Å². The number of rotatable bonds is 9. The molecule has 25 heavy (non-hydrogen) atoms. The fourth-order valence-corrected chi connectivity index (χ4v) is 2.68. The first kappa shape index (κ1) is 28.3. The highest BCUT2D eigenvalue weighted by molar-refractivity contribution is 5.69. The molecule has 0 spiro atoms. The third-order valence-corrected chi connectivity index (χ3v) is 3.86. The summed E-state index contributed by atoms with van der Waals surface area (Å²) < 4.78 is 0. The highest BCUT2D eigenvalue weighted by Crippen LogP contribution is 2.28. The van der Waals surface area contributed by atoms with Crippen LogP contribution in [-0.2, 0) is 4.79 Å². The van der Waals surface area contributed by atoms with Crippen molar-refractivity contribution in [3.8, 4) is 0 Å². The molecule has 1 rings (SSSR count). The molecule has 0 heterocycles. The largest absolute Gasteiger partial charge is 0.386 e. The van der Waals surface area contributed by atoms with E-state index in [4.69, 9.17) is 4.79 Å². The van der Waals surface area contributed by atoms with Crippen LogP contribution in [0, 0.1) is 0 Å². The first-order valence-electron chi connectivity index (χ1n) is 9.60. The first-order valence-corrected chi connectivity index (χ1v) is 9.60. The van der Waals surface area contributed by atoms with Crippen LogP contribution in [0.25, 0.3) is 0 Å². The second-order valence-corrected chi connectivity index (χ2v) is 5.32. The minimum absolute atomic E-state index is 0.658. The van der Waals surface area contributed by atoms with Crippen LogP contribution < -0.4 is 16.0 Å². The second kappa shape index (κ2) is 22.4. The Balaban J connectivity index is -0.000000725. The first-order chi connectivity index (χ1) is 12.2. The number of carbonyl (C=O) groups is 1. The number of benzene rings is 1. The predicted octanol–water partition coefficient (Wildman–Crippen LogP) is 5.33. The fraction of sp³-hybridized carbons (Fsp3) is 0.667. The number of para-hydroxylation sites is 2. The van der Waals surface area contributed by atoms with Gasteiger partial charge in [-0.1, -0.05) is 65.5 Å². The number of nitrogens with zero attached hydrogens (tertiary/aromatic N) is 1. The lowest BCUT2D eigenvalue weighted by Gasteiger charge is -2.31. The van der Waals surface area contributed by atoms with Gasteiger partial charge in [-0.25, -0.2) is 0 Å². The lowest BCUT2D eigenvalue weighted by atomic mass is 10.0. The lowest BCUT2D eigenvalue weighted by molar-refractivity contribution is -0.0979. The van der Waals surface area contributed by atoms with Gasteiger partial charge in [-0.15, -0.1) is 0 Å². The van der Waals surface area contributed by atoms with Gasteiger partial charge in [0.2, 0.25) is 0 Å². The second-order valence-electron chi connectivity index (χ2n) is 5.32. The predicted molar refractivity (Wildman–Crippen MR) is 116 cm³/mol. The summed E-state index contributed by atoms with van der Waals surface area (Å²) in [7, 11) is 5.74. The van der Waals surface area contributed by atoms with Crippen LogP contribution in [0.2, 0.25) is 0 Å². The fourth-order valence-electron chi connectivity index (χ4n) is 2.68. The van der Waals surface area contributed by atoms with Gasteiger partial charge in [0.1, 0.15) is 6.79 Å². The van der Waals surface area contributed by atoms with Gasteiger partial charge in [0.05, 0.1) is 11.4 Å². The molecule has 0 fully saturated rings. The SMILES string of the molecule is C=O.CC.CCCCCC(CCC)N(C)c1ccccc1NC.CN. The number of hydrogen-bond donors (Lipinski definition) is 2.